The van der Waals surface area contributed by atoms with Crippen LogP contribution in [-0.4, -0.2) is 18.1 Å². The van der Waals surface area contributed by atoms with Crippen LogP contribution in [-0.2, 0) is 6.42 Å². The summed E-state index contributed by atoms with van der Waals surface area (Å²) in [5.74, 6) is 0. The van der Waals surface area contributed by atoms with E-state index in [2.05, 4.69) is 29.4 Å². The smallest absolute Gasteiger partial charge is 0.0270 e. The molecule has 1 atom stereocenters. The highest BCUT2D eigenvalue weighted by Crippen LogP contribution is 2.07. The van der Waals surface area contributed by atoms with Gasteiger partial charge in [0.15, 0.2) is 0 Å². The highest BCUT2D eigenvalue weighted by Gasteiger charge is 2.01. The predicted octanol–water partition coefficient (Wildman–Crippen LogP) is 2.40. The number of aryl methyl sites for hydroxylation is 1. The van der Waals surface area contributed by atoms with E-state index in [-0.39, 0.29) is 0 Å². The van der Waals surface area contributed by atoms with E-state index in [9.17, 15) is 0 Å². The lowest BCUT2D eigenvalue weighted by molar-refractivity contribution is 0.492. The molecule has 1 N–H and O–H groups in total. The summed E-state index contributed by atoms with van der Waals surface area (Å²) >= 11 is 0. The topological polar surface area (TPSA) is 24.9 Å². The summed E-state index contributed by atoms with van der Waals surface area (Å²) in [6, 6.07) is 4.87. The average molecular weight is 192 g/mol. The van der Waals surface area contributed by atoms with Crippen molar-refractivity contribution in [3.63, 3.8) is 0 Å². The lowest BCUT2D eigenvalue weighted by Gasteiger charge is -2.12. The third-order valence-corrected chi connectivity index (χ3v) is 2.67. The van der Waals surface area contributed by atoms with Gasteiger partial charge in [0.05, 0.1) is 0 Å². The number of hydrogen-bond donors (Lipinski definition) is 1. The van der Waals surface area contributed by atoms with E-state index in [1.165, 1.54) is 31.2 Å². The zero-order valence-corrected chi connectivity index (χ0v) is 9.16. The first kappa shape index (κ1) is 11.2. The van der Waals surface area contributed by atoms with E-state index >= 15 is 0 Å². The van der Waals surface area contributed by atoms with Crippen LogP contribution in [0.5, 0.6) is 0 Å². The Bertz CT molecular complexity index is 229. The second-order valence-electron chi connectivity index (χ2n) is 3.64. The van der Waals surface area contributed by atoms with E-state index in [1.807, 2.05) is 19.4 Å². The first-order chi connectivity index (χ1) is 6.86. The van der Waals surface area contributed by atoms with Crippen LogP contribution >= 0.6 is 0 Å². The Morgan fingerprint density at radius 2 is 2.07 bits per heavy atom. The van der Waals surface area contributed by atoms with Crippen molar-refractivity contribution in [1.29, 1.82) is 0 Å². The molecule has 2 nitrogen and oxygen atoms in total. The Morgan fingerprint density at radius 3 is 2.64 bits per heavy atom. The molecule has 14 heavy (non-hydrogen) atoms. The highest BCUT2D eigenvalue weighted by atomic mass is 14.9. The molecule has 0 aliphatic heterocycles. The van der Waals surface area contributed by atoms with E-state index in [1.54, 1.807) is 0 Å². The minimum atomic E-state index is 0.678. The summed E-state index contributed by atoms with van der Waals surface area (Å²) in [4.78, 5) is 4.01. The summed E-state index contributed by atoms with van der Waals surface area (Å²) in [5, 5.41) is 3.33. The molecule has 1 unspecified atom stereocenters. The van der Waals surface area contributed by atoms with Crippen LogP contribution in [0.25, 0.3) is 0 Å². The second kappa shape index (κ2) is 6.55. The van der Waals surface area contributed by atoms with Crippen molar-refractivity contribution < 1.29 is 0 Å². The minimum absolute atomic E-state index is 0.678. The van der Waals surface area contributed by atoms with Gasteiger partial charge in [-0.25, -0.2) is 0 Å². The monoisotopic (exact) mass is 192 g/mol. The molecule has 1 aromatic heterocycles. The first-order valence-corrected chi connectivity index (χ1v) is 5.43. The molecule has 0 aromatic carbocycles. The van der Waals surface area contributed by atoms with Crippen LogP contribution in [0.1, 0.15) is 31.7 Å². The van der Waals surface area contributed by atoms with Crippen LogP contribution in [0.4, 0.5) is 0 Å². The van der Waals surface area contributed by atoms with Crippen molar-refractivity contribution in [3.05, 3.63) is 30.1 Å². The summed E-state index contributed by atoms with van der Waals surface area (Å²) in [5.41, 5.74) is 1.39. The quantitative estimate of drug-likeness (QED) is 0.748. The maximum atomic E-state index is 4.01. The Hall–Kier alpha value is -0.890. The molecule has 0 amide bonds. The molecule has 0 bridgehead atoms. The van der Waals surface area contributed by atoms with Crippen LogP contribution in [0.15, 0.2) is 24.5 Å². The number of aromatic nitrogens is 1. The van der Waals surface area contributed by atoms with Crippen molar-refractivity contribution in [2.24, 2.45) is 0 Å². The van der Waals surface area contributed by atoms with Gasteiger partial charge in [-0.15, -0.1) is 0 Å². The molecule has 0 aliphatic carbocycles. The Kier molecular flexibility index (Phi) is 5.23. The van der Waals surface area contributed by atoms with Gasteiger partial charge < -0.3 is 5.32 Å². The Balaban J connectivity index is 2.21. The molecule has 0 fully saturated rings. The zero-order chi connectivity index (χ0) is 10.2. The van der Waals surface area contributed by atoms with Crippen LogP contribution < -0.4 is 5.32 Å². The van der Waals surface area contributed by atoms with Gasteiger partial charge in [0, 0.05) is 18.4 Å². The van der Waals surface area contributed by atoms with Crippen LogP contribution in [0.3, 0.4) is 0 Å². The third-order valence-electron chi connectivity index (χ3n) is 2.67. The van der Waals surface area contributed by atoms with E-state index in [4.69, 9.17) is 0 Å². The molecule has 0 spiro atoms. The number of hydrogen-bond acceptors (Lipinski definition) is 2. The van der Waals surface area contributed by atoms with Gasteiger partial charge in [0.1, 0.15) is 0 Å². The van der Waals surface area contributed by atoms with Crippen molar-refractivity contribution in [2.75, 3.05) is 7.05 Å². The summed E-state index contributed by atoms with van der Waals surface area (Å²) in [7, 11) is 2.04. The minimum Gasteiger partial charge on any atom is -0.317 e. The Morgan fingerprint density at radius 1 is 1.36 bits per heavy atom. The lowest BCUT2D eigenvalue weighted by atomic mass is 10.0. The van der Waals surface area contributed by atoms with Gasteiger partial charge >= 0.3 is 0 Å². The molecule has 0 saturated carbocycles. The molecule has 0 aliphatic rings. The first-order valence-electron chi connectivity index (χ1n) is 5.43. The van der Waals surface area contributed by atoms with Gasteiger partial charge in [0.25, 0.3) is 0 Å². The maximum Gasteiger partial charge on any atom is 0.0270 e. The molecule has 1 heterocycles. The molecule has 2 heteroatoms. The highest BCUT2D eigenvalue weighted by molar-refractivity contribution is 5.09. The fourth-order valence-corrected chi connectivity index (χ4v) is 1.65. The maximum absolute atomic E-state index is 4.01. The molecular weight excluding hydrogens is 172 g/mol. The van der Waals surface area contributed by atoms with E-state index in [0.717, 1.165) is 0 Å². The molecule has 0 saturated heterocycles. The third kappa shape index (κ3) is 3.88. The number of nitrogens with zero attached hydrogens (tertiary/aromatic N) is 1. The standard InChI is InChI=1S/C12H20N2/c1-3-12(13-2)6-4-5-11-7-9-14-10-8-11/h7-10,12-13H,3-6H2,1-2H3. The number of nitrogens with one attached hydrogen (secondary N) is 1. The number of rotatable bonds is 6. The fourth-order valence-electron chi connectivity index (χ4n) is 1.65. The van der Waals surface area contributed by atoms with Gasteiger partial charge in [-0.1, -0.05) is 6.92 Å². The van der Waals surface area contributed by atoms with Crippen LogP contribution in [0, 0.1) is 0 Å². The summed E-state index contributed by atoms with van der Waals surface area (Å²) in [6.45, 7) is 2.23. The second-order valence-corrected chi connectivity index (χ2v) is 3.64. The van der Waals surface area contributed by atoms with E-state index in [0.29, 0.717) is 6.04 Å². The van der Waals surface area contributed by atoms with Crippen molar-refractivity contribution in [3.8, 4) is 0 Å². The fraction of sp³-hybridized carbons (Fsp3) is 0.583. The summed E-state index contributed by atoms with van der Waals surface area (Å²) in [6.07, 6.45) is 8.63. The molecule has 78 valence electrons. The SMILES string of the molecule is CCC(CCCc1ccncc1)NC. The van der Waals surface area contributed by atoms with Crippen molar-refractivity contribution >= 4 is 0 Å². The number of pyridine rings is 1. The van der Waals surface area contributed by atoms with Crippen molar-refractivity contribution in [2.45, 2.75) is 38.6 Å². The van der Waals surface area contributed by atoms with Gasteiger partial charge in [-0.3, -0.25) is 4.98 Å². The lowest BCUT2D eigenvalue weighted by Crippen LogP contribution is -2.23. The normalized spacial score (nSPS) is 12.7. The van der Waals surface area contributed by atoms with Crippen molar-refractivity contribution in [1.82, 2.24) is 10.3 Å². The predicted molar refractivity (Wildman–Crippen MR) is 60.3 cm³/mol. The molecule has 1 aromatic rings. The molecular formula is C12H20N2. The molecule has 0 radical (unpaired) electrons. The van der Waals surface area contributed by atoms with E-state index < -0.39 is 0 Å². The largest absolute Gasteiger partial charge is 0.317 e. The zero-order valence-electron chi connectivity index (χ0n) is 9.16. The van der Waals surface area contributed by atoms with Gasteiger partial charge in [-0.2, -0.15) is 0 Å². The summed E-state index contributed by atoms with van der Waals surface area (Å²) < 4.78 is 0. The van der Waals surface area contributed by atoms with Crippen LogP contribution in [0.2, 0.25) is 0 Å². The van der Waals surface area contributed by atoms with Gasteiger partial charge in [0.2, 0.25) is 0 Å². The Labute approximate surface area is 86.8 Å². The molecule has 1 rings (SSSR count). The van der Waals surface area contributed by atoms with Gasteiger partial charge in [-0.05, 0) is 50.4 Å². The average Bonchev–Trinajstić information content (AvgIpc) is 2.26.